The summed E-state index contributed by atoms with van der Waals surface area (Å²) in [6, 6.07) is 0. The van der Waals surface area contributed by atoms with Crippen molar-refractivity contribution in [3.8, 4) is 0 Å². The zero-order chi connectivity index (χ0) is 34.0. The minimum Gasteiger partial charge on any atom is -0.476 e. The Labute approximate surface area is 288 Å². The molecule has 20 atom stereocenters. The lowest BCUT2D eigenvalue weighted by atomic mass is 9.38. The van der Waals surface area contributed by atoms with Crippen LogP contribution in [0, 0.1) is 69.5 Å². The van der Waals surface area contributed by atoms with Gasteiger partial charge < -0.3 is 29.2 Å². The molecule has 0 aromatic heterocycles. The second-order valence-electron chi connectivity index (χ2n) is 16.6. The second kappa shape index (κ2) is 9.82. The number of halogens is 2. The maximum absolute atomic E-state index is 14.5. The summed E-state index contributed by atoms with van der Waals surface area (Å²) in [5.41, 5.74) is -3.90. The van der Waals surface area contributed by atoms with Gasteiger partial charge in [0.25, 0.3) is 0 Å². The van der Waals surface area contributed by atoms with Gasteiger partial charge in [-0.25, -0.2) is 0 Å². The minimum atomic E-state index is -1.51. The van der Waals surface area contributed by atoms with Gasteiger partial charge in [0, 0.05) is 42.9 Å². The van der Waals surface area contributed by atoms with Crippen molar-refractivity contribution in [2.75, 3.05) is 0 Å². The zero-order valence-electron chi connectivity index (χ0n) is 28.1. The van der Waals surface area contributed by atoms with Crippen molar-refractivity contribution in [2.24, 2.45) is 69.5 Å². The van der Waals surface area contributed by atoms with Gasteiger partial charge in [-0.3, -0.25) is 14.4 Å². The first-order chi connectivity index (χ1) is 21.1. The van der Waals surface area contributed by atoms with Crippen molar-refractivity contribution in [3.05, 3.63) is 12.3 Å². The molecule has 7 fully saturated rings. The van der Waals surface area contributed by atoms with Crippen molar-refractivity contribution < 1.29 is 43.5 Å². The summed E-state index contributed by atoms with van der Waals surface area (Å²) in [4.78, 5) is 39.8. The van der Waals surface area contributed by atoms with Gasteiger partial charge in [0.05, 0.1) is 16.3 Å². The summed E-state index contributed by atoms with van der Waals surface area (Å²) < 4.78 is 23.9. The molecular weight excluding hydrogens is 724 g/mol. The smallest absolute Gasteiger partial charge is 0.303 e. The number of alkyl halides is 2. The molecule has 11 heteroatoms. The van der Waals surface area contributed by atoms with E-state index in [2.05, 4.69) is 73.1 Å². The Morgan fingerprint density at radius 1 is 0.957 bits per heavy atom. The van der Waals surface area contributed by atoms with Crippen LogP contribution in [0.15, 0.2) is 12.3 Å². The predicted molar refractivity (Wildman–Crippen MR) is 173 cm³/mol. The number of aliphatic hydroxyl groups excluding tert-OH is 1. The van der Waals surface area contributed by atoms with Gasteiger partial charge in [-0.05, 0) is 64.3 Å². The predicted octanol–water partition coefficient (Wildman–Crippen LogP) is 4.78. The van der Waals surface area contributed by atoms with Crippen LogP contribution in [-0.4, -0.2) is 73.4 Å². The van der Waals surface area contributed by atoms with E-state index in [1.165, 1.54) is 13.8 Å². The zero-order valence-corrected chi connectivity index (χ0v) is 31.3. The van der Waals surface area contributed by atoms with E-state index in [1.807, 2.05) is 6.92 Å². The molecule has 5 aliphatic carbocycles. The van der Waals surface area contributed by atoms with Crippen LogP contribution in [0.25, 0.3) is 0 Å². The second-order valence-corrected chi connectivity index (χ2v) is 18.8. The first-order valence-electron chi connectivity index (χ1n) is 16.8. The van der Waals surface area contributed by atoms with Gasteiger partial charge in [0.1, 0.15) is 35.8 Å². The van der Waals surface area contributed by atoms with E-state index in [0.29, 0.717) is 6.42 Å². The number of fused-ring (bicyclic) bond motifs is 10. The molecule has 46 heavy (non-hydrogen) atoms. The van der Waals surface area contributed by atoms with Crippen LogP contribution >= 0.6 is 31.9 Å². The van der Waals surface area contributed by atoms with Crippen LogP contribution in [0.5, 0.6) is 0 Å². The molecule has 256 valence electrons. The SMILES string of the molecule is C=C1OC2(Br)C(Br)[C@@H](C)[C@H]3[C@@H]([C@H](OC(C)=O)[C@H]4C5C(O)C(=O)[C@H]6C[C@@H]7O[C@@H]7[C@H](OC(C)=O)[C@]6(C)C5C(C)[C@H](C)[C@]34C)[C@@]2(C)[C@]1(C)O. The van der Waals surface area contributed by atoms with E-state index >= 15 is 0 Å². The van der Waals surface area contributed by atoms with E-state index in [-0.39, 0.29) is 58.2 Å². The third-order valence-corrected chi connectivity index (χ3v) is 18.9. The topological polar surface area (TPSA) is 132 Å². The van der Waals surface area contributed by atoms with Crippen LogP contribution in [-0.2, 0) is 33.3 Å². The van der Waals surface area contributed by atoms with Crippen molar-refractivity contribution in [2.45, 2.75) is 114 Å². The Morgan fingerprint density at radius 2 is 1.57 bits per heavy atom. The van der Waals surface area contributed by atoms with E-state index in [0.717, 1.165) is 0 Å². The molecular formula is C35H48Br2O9. The molecule has 0 aromatic carbocycles. The number of Topliss-reactive ketones (excluding diaryl/α,β-unsaturated/α-hetero) is 1. The van der Waals surface area contributed by atoms with Gasteiger partial charge in [-0.1, -0.05) is 64.1 Å². The average molecular weight is 773 g/mol. The fraction of sp³-hybridized carbons (Fsp3) is 0.857. The molecule has 7 rings (SSSR count). The molecule has 7 aliphatic rings. The highest BCUT2D eigenvalue weighted by atomic mass is 79.9. The molecule has 9 nitrogen and oxygen atoms in total. The monoisotopic (exact) mass is 770 g/mol. The molecule has 0 amide bonds. The summed E-state index contributed by atoms with van der Waals surface area (Å²) in [6.07, 6.45) is -2.70. The van der Waals surface area contributed by atoms with Gasteiger partial charge in [-0.15, -0.1) is 0 Å². The molecule has 2 heterocycles. The molecule has 0 spiro atoms. The van der Waals surface area contributed by atoms with Gasteiger partial charge >= 0.3 is 11.9 Å². The quantitative estimate of drug-likeness (QED) is 0.232. The lowest BCUT2D eigenvalue weighted by Gasteiger charge is -2.66. The Bertz CT molecular complexity index is 1420. The molecule has 2 N–H and O–H groups in total. The number of aliphatic hydroxyl groups is 2. The van der Waals surface area contributed by atoms with E-state index in [4.69, 9.17) is 18.9 Å². The van der Waals surface area contributed by atoms with Crippen LogP contribution in [0.1, 0.15) is 68.7 Å². The number of hydrogen-bond donors (Lipinski definition) is 2. The number of carbonyl (C=O) groups excluding carboxylic acids is 3. The summed E-state index contributed by atoms with van der Waals surface area (Å²) in [5, 5.41) is 24.6. The van der Waals surface area contributed by atoms with Crippen molar-refractivity contribution in [3.63, 3.8) is 0 Å². The Morgan fingerprint density at radius 3 is 2.15 bits per heavy atom. The molecule has 2 aliphatic heterocycles. The van der Waals surface area contributed by atoms with Crippen LogP contribution in [0.4, 0.5) is 0 Å². The van der Waals surface area contributed by atoms with Crippen molar-refractivity contribution in [1.29, 1.82) is 0 Å². The largest absolute Gasteiger partial charge is 0.476 e. The fourth-order valence-electron chi connectivity index (χ4n) is 13.1. The molecule has 6 unspecified atom stereocenters. The van der Waals surface area contributed by atoms with Crippen molar-refractivity contribution in [1.82, 2.24) is 0 Å². The van der Waals surface area contributed by atoms with E-state index < -0.39 is 80.3 Å². The van der Waals surface area contributed by atoms with Gasteiger partial charge in [0.2, 0.25) is 0 Å². The van der Waals surface area contributed by atoms with Gasteiger partial charge in [-0.2, -0.15) is 0 Å². The Hall–Kier alpha value is -1.01. The Kier molecular flexibility index (Phi) is 7.15. The standard InChI is InChI=1S/C35H48Br2O9/c1-12-14(3)31(7)22-13(2)29(36)35(37)33(9,34(10,42)15(4)46-35)24(22)28(43-16(5)38)23(31)20-21(12)32(8)18(25(40)26(20)41)11-19-27(45-19)30(32)44-17(6)39/h12-14,18-24,26-30,41-42H,4,11H2,1-3,5-10H3/t12?,13-,14-,18+,19-,20?,21?,22-,23+,24-,26?,27-,28+,29?,30-,31+,32-,33-,34+,35?/m0/s1. The third kappa shape index (κ3) is 3.56. The highest BCUT2D eigenvalue weighted by molar-refractivity contribution is 9.12. The molecule has 0 bridgehead atoms. The van der Waals surface area contributed by atoms with E-state index in [9.17, 15) is 24.6 Å². The van der Waals surface area contributed by atoms with Crippen LogP contribution in [0.3, 0.4) is 0 Å². The van der Waals surface area contributed by atoms with Crippen LogP contribution in [0.2, 0.25) is 0 Å². The Balaban J connectivity index is 1.47. The average Bonchev–Trinajstić information content (AvgIpc) is 3.66. The maximum Gasteiger partial charge on any atom is 0.303 e. The number of ketones is 1. The first-order valence-corrected chi connectivity index (χ1v) is 18.5. The third-order valence-electron chi connectivity index (χ3n) is 15.3. The number of epoxide rings is 1. The molecule has 2 saturated heterocycles. The van der Waals surface area contributed by atoms with Gasteiger partial charge in [0.15, 0.2) is 10.3 Å². The minimum absolute atomic E-state index is 0.00803. The summed E-state index contributed by atoms with van der Waals surface area (Å²) in [5.74, 6) is -3.31. The number of rotatable bonds is 2. The number of carbonyl (C=O) groups is 3. The summed E-state index contributed by atoms with van der Waals surface area (Å²) in [7, 11) is 0. The first kappa shape index (κ1) is 33.5. The fourth-order valence-corrected chi connectivity index (χ4v) is 15.2. The summed E-state index contributed by atoms with van der Waals surface area (Å²) in [6.45, 7) is 21.5. The number of esters is 2. The number of hydrogen-bond acceptors (Lipinski definition) is 9. The molecule has 0 aromatic rings. The summed E-state index contributed by atoms with van der Waals surface area (Å²) >= 11 is 7.97. The van der Waals surface area contributed by atoms with Crippen LogP contribution < -0.4 is 0 Å². The van der Waals surface area contributed by atoms with Crippen molar-refractivity contribution >= 4 is 49.6 Å². The highest BCUT2D eigenvalue weighted by Crippen LogP contribution is 2.80. The normalized spacial score (nSPS) is 61.2. The lowest BCUT2D eigenvalue weighted by Crippen LogP contribution is -2.71. The van der Waals surface area contributed by atoms with E-state index in [1.54, 1.807) is 6.92 Å². The molecule has 5 saturated carbocycles. The highest BCUT2D eigenvalue weighted by Gasteiger charge is 2.85. The molecule has 0 radical (unpaired) electrons. The maximum atomic E-state index is 14.5. The number of ether oxygens (including phenoxy) is 4. The lowest BCUT2D eigenvalue weighted by molar-refractivity contribution is -0.235.